The summed E-state index contributed by atoms with van der Waals surface area (Å²) in [5.74, 6) is 0.680. The number of hydrogen-bond donors (Lipinski definition) is 1. The van der Waals surface area contributed by atoms with Gasteiger partial charge in [-0.05, 0) is 30.9 Å². The van der Waals surface area contributed by atoms with E-state index in [4.69, 9.17) is 4.52 Å². The van der Waals surface area contributed by atoms with Crippen molar-refractivity contribution in [3.8, 4) is 0 Å². The van der Waals surface area contributed by atoms with Crippen LogP contribution in [0.1, 0.15) is 32.4 Å². The molecule has 0 fully saturated rings. The van der Waals surface area contributed by atoms with Crippen molar-refractivity contribution >= 4 is 16.9 Å². The second kappa shape index (κ2) is 6.36. The summed E-state index contributed by atoms with van der Waals surface area (Å²) in [7, 11) is 0. The first-order chi connectivity index (χ1) is 9.16. The quantitative estimate of drug-likeness (QED) is 0.812. The topological polar surface area (TPSA) is 55.1 Å². The lowest BCUT2D eigenvalue weighted by Crippen LogP contribution is -2.26. The number of fused-ring (bicyclic) bond motifs is 1. The van der Waals surface area contributed by atoms with Gasteiger partial charge in [-0.3, -0.25) is 4.79 Å². The number of rotatable bonds is 6. The lowest BCUT2D eigenvalue weighted by atomic mass is 10.1. The van der Waals surface area contributed by atoms with E-state index in [2.05, 4.69) is 24.3 Å². The Morgan fingerprint density at radius 1 is 1.37 bits per heavy atom. The average molecular weight is 260 g/mol. The van der Waals surface area contributed by atoms with Gasteiger partial charge < -0.3 is 9.84 Å². The highest BCUT2D eigenvalue weighted by atomic mass is 16.5. The standard InChI is InChI=1S/C15H20N2O2/c1-11(2)6-5-9-16-15(18)10-13-12-7-3-4-8-14(12)19-17-13/h3-4,7-8,11H,5-6,9-10H2,1-2H3,(H,16,18). The van der Waals surface area contributed by atoms with Gasteiger partial charge in [0, 0.05) is 11.9 Å². The Morgan fingerprint density at radius 2 is 2.16 bits per heavy atom. The molecule has 2 rings (SSSR count). The zero-order chi connectivity index (χ0) is 13.7. The van der Waals surface area contributed by atoms with E-state index >= 15 is 0 Å². The zero-order valence-corrected chi connectivity index (χ0v) is 11.5. The number of nitrogens with zero attached hydrogens (tertiary/aromatic N) is 1. The van der Waals surface area contributed by atoms with Crippen LogP contribution in [0.5, 0.6) is 0 Å². The predicted octanol–water partition coefficient (Wildman–Crippen LogP) is 2.92. The van der Waals surface area contributed by atoms with Gasteiger partial charge in [0.25, 0.3) is 0 Å². The fraction of sp³-hybridized carbons (Fsp3) is 0.467. The lowest BCUT2D eigenvalue weighted by molar-refractivity contribution is -0.120. The number of benzene rings is 1. The van der Waals surface area contributed by atoms with Crippen LogP contribution in [0.15, 0.2) is 28.8 Å². The molecular weight excluding hydrogens is 240 g/mol. The average Bonchev–Trinajstić information content (AvgIpc) is 2.78. The molecule has 1 amide bonds. The van der Waals surface area contributed by atoms with Gasteiger partial charge in [0.2, 0.25) is 5.91 Å². The minimum atomic E-state index is 0.00260. The number of nitrogens with one attached hydrogen (secondary N) is 1. The van der Waals surface area contributed by atoms with Crippen LogP contribution >= 0.6 is 0 Å². The zero-order valence-electron chi connectivity index (χ0n) is 11.5. The monoisotopic (exact) mass is 260 g/mol. The highest BCUT2D eigenvalue weighted by molar-refractivity contribution is 5.86. The number of hydrogen-bond acceptors (Lipinski definition) is 3. The van der Waals surface area contributed by atoms with Crippen molar-refractivity contribution in [3.63, 3.8) is 0 Å². The molecule has 1 aromatic carbocycles. The fourth-order valence-corrected chi connectivity index (χ4v) is 2.02. The Balaban J connectivity index is 1.85. The van der Waals surface area contributed by atoms with Crippen LogP contribution < -0.4 is 5.32 Å². The van der Waals surface area contributed by atoms with Crippen LogP contribution in [0, 0.1) is 5.92 Å². The molecule has 0 unspecified atom stereocenters. The van der Waals surface area contributed by atoms with Crippen LogP contribution in [0.3, 0.4) is 0 Å². The summed E-state index contributed by atoms with van der Waals surface area (Å²) in [5, 5.41) is 7.79. The van der Waals surface area contributed by atoms with Gasteiger partial charge in [0.05, 0.1) is 6.42 Å². The van der Waals surface area contributed by atoms with Gasteiger partial charge >= 0.3 is 0 Å². The number of carbonyl (C=O) groups excluding carboxylic acids is 1. The first-order valence-electron chi connectivity index (χ1n) is 6.77. The van der Waals surface area contributed by atoms with Gasteiger partial charge in [-0.25, -0.2) is 0 Å². The van der Waals surface area contributed by atoms with Gasteiger partial charge in [0.1, 0.15) is 5.69 Å². The molecule has 4 nitrogen and oxygen atoms in total. The van der Waals surface area contributed by atoms with Crippen LogP contribution in [0.25, 0.3) is 11.0 Å². The molecule has 1 heterocycles. The molecular formula is C15H20N2O2. The Hall–Kier alpha value is -1.84. The van der Waals surface area contributed by atoms with E-state index in [1.54, 1.807) is 0 Å². The third-order valence-electron chi connectivity index (χ3n) is 3.06. The first kappa shape index (κ1) is 13.6. The Labute approximate surface area is 113 Å². The van der Waals surface area contributed by atoms with E-state index in [1.165, 1.54) is 0 Å². The van der Waals surface area contributed by atoms with E-state index in [0.29, 0.717) is 11.6 Å². The highest BCUT2D eigenvalue weighted by Crippen LogP contribution is 2.17. The first-order valence-corrected chi connectivity index (χ1v) is 6.77. The molecule has 0 atom stereocenters. The number of amides is 1. The number of aromatic nitrogens is 1. The molecule has 1 aromatic heterocycles. The minimum absolute atomic E-state index is 0.00260. The van der Waals surface area contributed by atoms with Crippen molar-refractivity contribution in [1.29, 1.82) is 0 Å². The summed E-state index contributed by atoms with van der Waals surface area (Å²) in [6, 6.07) is 7.59. The molecule has 0 saturated carbocycles. The van der Waals surface area contributed by atoms with E-state index in [0.717, 1.165) is 30.4 Å². The van der Waals surface area contributed by atoms with Gasteiger partial charge in [-0.2, -0.15) is 0 Å². The maximum absolute atomic E-state index is 11.8. The van der Waals surface area contributed by atoms with Crippen molar-refractivity contribution < 1.29 is 9.32 Å². The number of carbonyl (C=O) groups is 1. The van der Waals surface area contributed by atoms with Crippen molar-refractivity contribution in [2.45, 2.75) is 33.1 Å². The maximum atomic E-state index is 11.8. The van der Waals surface area contributed by atoms with Crippen LogP contribution in [0.4, 0.5) is 0 Å². The Kier molecular flexibility index (Phi) is 4.55. The lowest BCUT2D eigenvalue weighted by Gasteiger charge is -2.05. The van der Waals surface area contributed by atoms with Crippen molar-refractivity contribution in [2.24, 2.45) is 5.92 Å². The van der Waals surface area contributed by atoms with E-state index in [1.807, 2.05) is 24.3 Å². The third-order valence-corrected chi connectivity index (χ3v) is 3.06. The molecule has 0 saturated heterocycles. The Bertz CT molecular complexity index is 546. The van der Waals surface area contributed by atoms with Gasteiger partial charge in [-0.15, -0.1) is 0 Å². The van der Waals surface area contributed by atoms with Crippen molar-refractivity contribution in [2.75, 3.05) is 6.54 Å². The largest absolute Gasteiger partial charge is 0.356 e. The SMILES string of the molecule is CC(C)CCCNC(=O)Cc1noc2ccccc12. The molecule has 102 valence electrons. The number of para-hydroxylation sites is 1. The summed E-state index contributed by atoms with van der Waals surface area (Å²) in [6.45, 7) is 5.10. The Morgan fingerprint density at radius 3 is 2.95 bits per heavy atom. The predicted molar refractivity (Wildman–Crippen MR) is 74.8 cm³/mol. The second-order valence-electron chi connectivity index (χ2n) is 5.19. The highest BCUT2D eigenvalue weighted by Gasteiger charge is 2.11. The van der Waals surface area contributed by atoms with Crippen LogP contribution in [-0.4, -0.2) is 17.6 Å². The molecule has 4 heteroatoms. The molecule has 19 heavy (non-hydrogen) atoms. The maximum Gasteiger partial charge on any atom is 0.226 e. The van der Waals surface area contributed by atoms with Gasteiger partial charge in [0.15, 0.2) is 5.58 Å². The summed E-state index contributed by atoms with van der Waals surface area (Å²) in [5.41, 5.74) is 1.43. The molecule has 1 N–H and O–H groups in total. The van der Waals surface area contributed by atoms with Crippen molar-refractivity contribution in [1.82, 2.24) is 10.5 Å². The molecule has 0 bridgehead atoms. The molecule has 0 aliphatic rings. The third kappa shape index (κ3) is 3.81. The van der Waals surface area contributed by atoms with E-state index in [-0.39, 0.29) is 12.3 Å². The van der Waals surface area contributed by atoms with Crippen LogP contribution in [0.2, 0.25) is 0 Å². The summed E-state index contributed by atoms with van der Waals surface area (Å²) in [6.07, 6.45) is 2.43. The van der Waals surface area contributed by atoms with Gasteiger partial charge in [-0.1, -0.05) is 31.1 Å². The summed E-state index contributed by atoms with van der Waals surface area (Å²) >= 11 is 0. The minimum Gasteiger partial charge on any atom is -0.356 e. The summed E-state index contributed by atoms with van der Waals surface area (Å²) < 4.78 is 5.18. The van der Waals surface area contributed by atoms with Crippen LogP contribution in [-0.2, 0) is 11.2 Å². The fourth-order valence-electron chi connectivity index (χ4n) is 2.02. The molecule has 0 aliphatic heterocycles. The smallest absolute Gasteiger partial charge is 0.226 e. The van der Waals surface area contributed by atoms with E-state index < -0.39 is 0 Å². The summed E-state index contributed by atoms with van der Waals surface area (Å²) in [4.78, 5) is 11.8. The second-order valence-corrected chi connectivity index (χ2v) is 5.19. The van der Waals surface area contributed by atoms with E-state index in [9.17, 15) is 4.79 Å². The molecule has 0 radical (unpaired) electrons. The molecule has 0 aliphatic carbocycles. The molecule has 2 aromatic rings. The normalized spacial score (nSPS) is 11.1. The van der Waals surface area contributed by atoms with Crippen molar-refractivity contribution in [3.05, 3.63) is 30.0 Å². The molecule has 0 spiro atoms.